The van der Waals surface area contributed by atoms with Crippen LogP contribution in [0.15, 0.2) is 61.3 Å². The Morgan fingerprint density at radius 3 is 2.52 bits per heavy atom. The van der Waals surface area contributed by atoms with Crippen LogP contribution in [0.1, 0.15) is 24.2 Å². The summed E-state index contributed by atoms with van der Waals surface area (Å²) >= 11 is 0. The van der Waals surface area contributed by atoms with E-state index in [4.69, 9.17) is 0 Å². The van der Waals surface area contributed by atoms with Crippen LogP contribution in [0.2, 0.25) is 0 Å². The molecule has 8 nitrogen and oxygen atoms in total. The Kier molecular flexibility index (Phi) is 5.55. The number of nitrogens with zero attached hydrogens (tertiary/aromatic N) is 4. The van der Waals surface area contributed by atoms with Gasteiger partial charge in [-0.3, -0.25) is 9.59 Å². The van der Waals surface area contributed by atoms with E-state index in [1.54, 1.807) is 42.6 Å². The molecule has 1 aromatic carbocycles. The summed E-state index contributed by atoms with van der Waals surface area (Å²) in [7, 11) is 0. The minimum absolute atomic E-state index is 0.107. The Morgan fingerprint density at radius 2 is 1.85 bits per heavy atom. The van der Waals surface area contributed by atoms with Gasteiger partial charge in [-0.05, 0) is 30.2 Å². The summed E-state index contributed by atoms with van der Waals surface area (Å²) in [5.41, 5.74) is 0.980. The molecule has 0 bridgehead atoms. The average Bonchev–Trinajstić information content (AvgIpc) is 3.21. The first-order chi connectivity index (χ1) is 13.1. The number of anilines is 1. The molecular formula is C19H20N6O2. The lowest BCUT2D eigenvalue weighted by atomic mass is 10.0. The maximum Gasteiger partial charge on any atom is 0.251 e. The fourth-order valence-corrected chi connectivity index (χ4v) is 2.55. The summed E-state index contributed by atoms with van der Waals surface area (Å²) < 4.78 is 1.46. The molecule has 0 spiro atoms. The van der Waals surface area contributed by atoms with Crippen LogP contribution >= 0.6 is 0 Å². The molecule has 27 heavy (non-hydrogen) atoms. The zero-order valence-corrected chi connectivity index (χ0v) is 15.0. The zero-order valence-electron chi connectivity index (χ0n) is 15.0. The molecule has 1 atom stereocenters. The van der Waals surface area contributed by atoms with E-state index >= 15 is 0 Å². The van der Waals surface area contributed by atoms with Crippen LogP contribution in [0.25, 0.3) is 5.82 Å². The van der Waals surface area contributed by atoms with E-state index in [1.165, 1.54) is 17.3 Å². The number of pyridine rings is 1. The largest absolute Gasteiger partial charge is 0.340 e. The zero-order chi connectivity index (χ0) is 19.2. The minimum atomic E-state index is -0.707. The van der Waals surface area contributed by atoms with Crippen LogP contribution in [0.4, 0.5) is 5.69 Å². The number of hydrogen-bond acceptors (Lipinski definition) is 5. The Morgan fingerprint density at radius 1 is 1.07 bits per heavy atom. The molecule has 2 N–H and O–H groups in total. The van der Waals surface area contributed by atoms with Crippen LogP contribution in [-0.4, -0.2) is 37.6 Å². The summed E-state index contributed by atoms with van der Waals surface area (Å²) in [6, 6.07) is 11.5. The molecule has 8 heteroatoms. The normalized spacial score (nSPS) is 11.8. The van der Waals surface area contributed by atoms with Crippen molar-refractivity contribution >= 4 is 17.5 Å². The molecule has 2 amide bonds. The van der Waals surface area contributed by atoms with Crippen LogP contribution in [0.5, 0.6) is 0 Å². The third kappa shape index (κ3) is 4.35. The van der Waals surface area contributed by atoms with E-state index in [0.717, 1.165) is 0 Å². The van der Waals surface area contributed by atoms with Gasteiger partial charge in [0.15, 0.2) is 5.82 Å². The van der Waals surface area contributed by atoms with Crippen LogP contribution in [0.3, 0.4) is 0 Å². The lowest BCUT2D eigenvalue weighted by molar-refractivity contribution is -0.118. The van der Waals surface area contributed by atoms with Gasteiger partial charge < -0.3 is 10.6 Å². The molecule has 0 fully saturated rings. The number of aromatic nitrogens is 4. The second-order valence-electron chi connectivity index (χ2n) is 6.27. The van der Waals surface area contributed by atoms with Gasteiger partial charge in [-0.25, -0.2) is 14.6 Å². The molecule has 1 unspecified atom stereocenters. The summed E-state index contributed by atoms with van der Waals surface area (Å²) in [6.45, 7) is 3.74. The predicted octanol–water partition coefficient (Wildman–Crippen LogP) is 2.06. The molecule has 0 aliphatic carbocycles. The maximum atomic E-state index is 12.8. The monoisotopic (exact) mass is 364 g/mol. The number of rotatable bonds is 6. The minimum Gasteiger partial charge on any atom is -0.340 e. The van der Waals surface area contributed by atoms with Gasteiger partial charge in [-0.15, -0.1) is 0 Å². The highest BCUT2D eigenvalue weighted by Gasteiger charge is 2.25. The Balaban J connectivity index is 1.78. The molecule has 0 radical (unpaired) electrons. The van der Waals surface area contributed by atoms with Gasteiger partial charge in [0.25, 0.3) is 5.91 Å². The van der Waals surface area contributed by atoms with Gasteiger partial charge in [-0.1, -0.05) is 32.0 Å². The second kappa shape index (κ2) is 8.22. The molecule has 3 rings (SSSR count). The lowest BCUT2D eigenvalue weighted by Gasteiger charge is -2.22. The van der Waals surface area contributed by atoms with Gasteiger partial charge in [0, 0.05) is 11.8 Å². The van der Waals surface area contributed by atoms with Crippen molar-refractivity contribution in [3.05, 3.63) is 66.9 Å². The molecule has 3 aromatic rings. The molecule has 138 valence electrons. The smallest absolute Gasteiger partial charge is 0.251 e. The number of hydrogen-bond donors (Lipinski definition) is 2. The number of amides is 2. The number of benzene rings is 1. The molecule has 0 saturated heterocycles. The Labute approximate surface area is 156 Å². The van der Waals surface area contributed by atoms with Crippen molar-refractivity contribution in [3.8, 4) is 5.82 Å². The van der Waals surface area contributed by atoms with Crippen molar-refractivity contribution in [2.24, 2.45) is 5.92 Å². The Bertz CT molecular complexity index is 909. The first-order valence-corrected chi connectivity index (χ1v) is 8.53. The van der Waals surface area contributed by atoms with Gasteiger partial charge in [-0.2, -0.15) is 5.10 Å². The standard InChI is InChI=1S/C19H20N6O2/c1-13(2)16(24-18(26)14-7-4-3-5-8-14)19(27)23-15-9-6-10-21-17(15)25-12-20-11-22-25/h3-13,16H,1-2H3,(H,23,27)(H,24,26). The molecular weight excluding hydrogens is 344 g/mol. The van der Waals surface area contributed by atoms with Crippen molar-refractivity contribution in [2.45, 2.75) is 19.9 Å². The Hall–Kier alpha value is -3.55. The van der Waals surface area contributed by atoms with E-state index in [1.807, 2.05) is 19.9 Å². The molecule has 0 saturated carbocycles. The van der Waals surface area contributed by atoms with Crippen molar-refractivity contribution in [1.82, 2.24) is 25.1 Å². The topological polar surface area (TPSA) is 102 Å². The number of nitrogens with one attached hydrogen (secondary N) is 2. The highest BCUT2D eigenvalue weighted by Crippen LogP contribution is 2.17. The summed E-state index contributed by atoms with van der Waals surface area (Å²) in [6.07, 6.45) is 4.48. The van der Waals surface area contributed by atoms with E-state index in [9.17, 15) is 9.59 Å². The highest BCUT2D eigenvalue weighted by molar-refractivity contribution is 6.01. The lowest BCUT2D eigenvalue weighted by Crippen LogP contribution is -2.47. The van der Waals surface area contributed by atoms with Crippen LogP contribution in [-0.2, 0) is 4.79 Å². The van der Waals surface area contributed by atoms with Gasteiger partial charge in [0.1, 0.15) is 18.7 Å². The molecule has 0 aliphatic heterocycles. The van der Waals surface area contributed by atoms with E-state index in [2.05, 4.69) is 25.7 Å². The van der Waals surface area contributed by atoms with Crippen molar-refractivity contribution < 1.29 is 9.59 Å². The number of carbonyl (C=O) groups excluding carboxylic acids is 2. The van der Waals surface area contributed by atoms with Crippen molar-refractivity contribution in [2.75, 3.05) is 5.32 Å². The maximum absolute atomic E-state index is 12.8. The third-order valence-electron chi connectivity index (χ3n) is 3.95. The van der Waals surface area contributed by atoms with Crippen molar-refractivity contribution in [3.63, 3.8) is 0 Å². The fraction of sp³-hybridized carbons (Fsp3) is 0.211. The number of carbonyl (C=O) groups is 2. The van der Waals surface area contributed by atoms with E-state index < -0.39 is 6.04 Å². The molecule has 0 aliphatic rings. The summed E-state index contributed by atoms with van der Waals surface area (Å²) in [4.78, 5) is 33.4. The van der Waals surface area contributed by atoms with Gasteiger partial charge in [0.05, 0.1) is 5.69 Å². The van der Waals surface area contributed by atoms with E-state index in [0.29, 0.717) is 17.1 Å². The SMILES string of the molecule is CC(C)C(NC(=O)c1ccccc1)C(=O)Nc1cccnc1-n1cncn1. The first kappa shape index (κ1) is 18.2. The predicted molar refractivity (Wildman–Crippen MR) is 100 cm³/mol. The molecule has 2 heterocycles. The summed E-state index contributed by atoms with van der Waals surface area (Å²) in [5, 5.41) is 9.68. The van der Waals surface area contributed by atoms with E-state index in [-0.39, 0.29) is 17.7 Å². The second-order valence-corrected chi connectivity index (χ2v) is 6.27. The summed E-state index contributed by atoms with van der Waals surface area (Å²) in [5.74, 6) is -0.292. The van der Waals surface area contributed by atoms with Gasteiger partial charge in [0.2, 0.25) is 5.91 Å². The van der Waals surface area contributed by atoms with Gasteiger partial charge >= 0.3 is 0 Å². The quantitative estimate of drug-likeness (QED) is 0.697. The first-order valence-electron chi connectivity index (χ1n) is 8.53. The average molecular weight is 364 g/mol. The third-order valence-corrected chi connectivity index (χ3v) is 3.95. The van der Waals surface area contributed by atoms with Crippen LogP contribution < -0.4 is 10.6 Å². The molecule has 2 aromatic heterocycles. The van der Waals surface area contributed by atoms with Crippen LogP contribution in [0, 0.1) is 5.92 Å². The fourth-order valence-electron chi connectivity index (χ4n) is 2.55. The van der Waals surface area contributed by atoms with Crippen molar-refractivity contribution in [1.29, 1.82) is 0 Å². The highest BCUT2D eigenvalue weighted by atomic mass is 16.2.